The van der Waals surface area contributed by atoms with Crippen molar-refractivity contribution in [3.05, 3.63) is 23.8 Å². The summed E-state index contributed by atoms with van der Waals surface area (Å²) in [6.07, 6.45) is 2.57. The van der Waals surface area contributed by atoms with Gasteiger partial charge in [-0.05, 0) is 44.6 Å². The highest BCUT2D eigenvalue weighted by atomic mass is 127. The van der Waals surface area contributed by atoms with Gasteiger partial charge in [-0.2, -0.15) is 11.8 Å². The number of methoxy groups -OCH3 is 2. The minimum Gasteiger partial charge on any atom is -0.497 e. The van der Waals surface area contributed by atoms with Gasteiger partial charge in [0.2, 0.25) is 0 Å². The maximum Gasteiger partial charge on any atom is 0.191 e. The van der Waals surface area contributed by atoms with Crippen LogP contribution in [0.1, 0.15) is 32.3 Å². The number of rotatable bonds is 7. The van der Waals surface area contributed by atoms with E-state index in [1.807, 2.05) is 18.2 Å². The van der Waals surface area contributed by atoms with E-state index >= 15 is 0 Å². The molecule has 1 aromatic carbocycles. The molecule has 142 valence electrons. The SMILES string of the molecule is CCNC(=NCc1ccc(OC)cc1OC)NCC1(C)CCCS1.I. The Morgan fingerprint density at radius 2 is 2.08 bits per heavy atom. The Hall–Kier alpha value is -0.830. The molecule has 2 N–H and O–H groups in total. The Balaban J connectivity index is 0.00000312. The summed E-state index contributed by atoms with van der Waals surface area (Å²) in [7, 11) is 3.32. The summed E-state index contributed by atoms with van der Waals surface area (Å²) in [5, 5.41) is 6.80. The van der Waals surface area contributed by atoms with Gasteiger partial charge >= 0.3 is 0 Å². The van der Waals surface area contributed by atoms with E-state index < -0.39 is 0 Å². The van der Waals surface area contributed by atoms with E-state index in [2.05, 4.69) is 36.2 Å². The monoisotopic (exact) mass is 479 g/mol. The van der Waals surface area contributed by atoms with Crippen LogP contribution in [-0.2, 0) is 6.54 Å². The van der Waals surface area contributed by atoms with E-state index in [0.29, 0.717) is 11.3 Å². The summed E-state index contributed by atoms with van der Waals surface area (Å²) in [6.45, 7) is 6.75. The third kappa shape index (κ3) is 6.77. The maximum absolute atomic E-state index is 5.44. The number of nitrogens with one attached hydrogen (secondary N) is 2. The molecule has 0 spiro atoms. The minimum absolute atomic E-state index is 0. The average molecular weight is 479 g/mol. The molecule has 0 aromatic heterocycles. The number of ether oxygens (including phenoxy) is 2. The van der Waals surface area contributed by atoms with Gasteiger partial charge in [0.1, 0.15) is 11.5 Å². The van der Waals surface area contributed by atoms with Crippen LogP contribution in [0.5, 0.6) is 11.5 Å². The van der Waals surface area contributed by atoms with Crippen molar-refractivity contribution < 1.29 is 9.47 Å². The highest BCUT2D eigenvalue weighted by Crippen LogP contribution is 2.36. The molecule has 1 heterocycles. The second kappa shape index (κ2) is 11.0. The number of guanidine groups is 1. The molecule has 0 saturated carbocycles. The Kier molecular flexibility index (Phi) is 9.78. The predicted octanol–water partition coefficient (Wildman–Crippen LogP) is 3.66. The molecule has 1 atom stereocenters. The van der Waals surface area contributed by atoms with Crippen molar-refractivity contribution in [2.24, 2.45) is 4.99 Å². The Bertz CT molecular complexity index is 563. The van der Waals surface area contributed by atoms with Crippen LogP contribution in [0.4, 0.5) is 0 Å². The van der Waals surface area contributed by atoms with Gasteiger partial charge in [-0.1, -0.05) is 0 Å². The third-order valence-corrected chi connectivity index (χ3v) is 5.71. The fourth-order valence-electron chi connectivity index (χ4n) is 2.74. The van der Waals surface area contributed by atoms with Crippen LogP contribution < -0.4 is 20.1 Å². The summed E-state index contributed by atoms with van der Waals surface area (Å²) < 4.78 is 11.0. The normalized spacial score (nSPS) is 19.9. The zero-order chi connectivity index (χ0) is 17.4. The zero-order valence-corrected chi connectivity index (χ0v) is 18.7. The molecule has 7 heteroatoms. The first-order chi connectivity index (χ1) is 11.6. The highest BCUT2D eigenvalue weighted by molar-refractivity contribution is 14.0. The lowest BCUT2D eigenvalue weighted by molar-refractivity contribution is 0.391. The summed E-state index contributed by atoms with van der Waals surface area (Å²) >= 11 is 2.05. The van der Waals surface area contributed by atoms with E-state index in [1.54, 1.807) is 14.2 Å². The van der Waals surface area contributed by atoms with Crippen LogP contribution in [0.25, 0.3) is 0 Å². The van der Waals surface area contributed by atoms with Gasteiger partial charge in [-0.25, -0.2) is 4.99 Å². The van der Waals surface area contributed by atoms with Crippen LogP contribution in [0.15, 0.2) is 23.2 Å². The smallest absolute Gasteiger partial charge is 0.191 e. The topological polar surface area (TPSA) is 54.9 Å². The molecule has 1 saturated heterocycles. The molecule has 25 heavy (non-hydrogen) atoms. The van der Waals surface area contributed by atoms with E-state index in [0.717, 1.165) is 36.1 Å². The molecule has 2 rings (SSSR count). The van der Waals surface area contributed by atoms with Crippen LogP contribution in [0, 0.1) is 0 Å². The summed E-state index contributed by atoms with van der Waals surface area (Å²) in [5.41, 5.74) is 1.04. The van der Waals surface area contributed by atoms with Crippen LogP contribution >= 0.6 is 35.7 Å². The molecule has 1 aliphatic heterocycles. The lowest BCUT2D eigenvalue weighted by Gasteiger charge is -2.24. The van der Waals surface area contributed by atoms with Crippen molar-refractivity contribution in [1.82, 2.24) is 10.6 Å². The Labute approximate surface area is 172 Å². The second-order valence-corrected chi connectivity index (χ2v) is 7.81. The zero-order valence-electron chi connectivity index (χ0n) is 15.6. The van der Waals surface area contributed by atoms with Gasteiger partial charge in [0.05, 0.1) is 20.8 Å². The molecule has 1 unspecified atom stereocenters. The van der Waals surface area contributed by atoms with Gasteiger partial charge < -0.3 is 20.1 Å². The molecular formula is C18H30IN3O2S. The highest BCUT2D eigenvalue weighted by Gasteiger charge is 2.29. The molecule has 0 radical (unpaired) electrons. The van der Waals surface area contributed by atoms with E-state index in [9.17, 15) is 0 Å². The van der Waals surface area contributed by atoms with Gasteiger partial charge in [0.15, 0.2) is 5.96 Å². The van der Waals surface area contributed by atoms with E-state index in [1.165, 1.54) is 18.6 Å². The van der Waals surface area contributed by atoms with Crippen LogP contribution in [0.2, 0.25) is 0 Å². The van der Waals surface area contributed by atoms with Crippen molar-refractivity contribution in [2.45, 2.75) is 38.0 Å². The van der Waals surface area contributed by atoms with Gasteiger partial charge in [-0.3, -0.25) is 0 Å². The van der Waals surface area contributed by atoms with Gasteiger partial charge in [0.25, 0.3) is 0 Å². The molecule has 1 aliphatic rings. The van der Waals surface area contributed by atoms with Gasteiger partial charge in [-0.15, -0.1) is 24.0 Å². The summed E-state index contributed by atoms with van der Waals surface area (Å²) in [6, 6.07) is 5.82. The summed E-state index contributed by atoms with van der Waals surface area (Å²) in [5.74, 6) is 3.70. The molecule has 1 fully saturated rings. The first-order valence-electron chi connectivity index (χ1n) is 8.47. The third-order valence-electron chi connectivity index (χ3n) is 4.18. The number of halogens is 1. The lowest BCUT2D eigenvalue weighted by Crippen LogP contribution is -2.43. The standard InChI is InChI=1S/C18H29N3O2S.HI/c1-5-19-17(21-13-18(2)9-6-10-24-18)20-12-14-7-8-15(22-3)11-16(14)23-4;/h7-8,11H,5-6,9-10,12-13H2,1-4H3,(H2,19,20,21);1H. The van der Waals surface area contributed by atoms with E-state index in [4.69, 9.17) is 14.5 Å². The maximum atomic E-state index is 5.44. The largest absolute Gasteiger partial charge is 0.497 e. The van der Waals surface area contributed by atoms with Crippen LogP contribution in [-0.4, -0.2) is 43.8 Å². The Morgan fingerprint density at radius 3 is 2.68 bits per heavy atom. The van der Waals surface area contributed by atoms with Crippen molar-refractivity contribution >= 4 is 41.7 Å². The molecule has 1 aromatic rings. The molecule has 0 aliphatic carbocycles. The number of nitrogens with zero attached hydrogens (tertiary/aromatic N) is 1. The van der Waals surface area contributed by atoms with Crippen molar-refractivity contribution in [2.75, 3.05) is 33.1 Å². The molecular weight excluding hydrogens is 449 g/mol. The minimum atomic E-state index is 0. The van der Waals surface area contributed by atoms with Gasteiger partial charge in [0, 0.05) is 29.5 Å². The number of aliphatic imine (C=N–C) groups is 1. The predicted molar refractivity (Wildman–Crippen MR) is 118 cm³/mol. The second-order valence-electron chi connectivity index (χ2n) is 6.13. The lowest BCUT2D eigenvalue weighted by atomic mass is 10.1. The van der Waals surface area contributed by atoms with E-state index in [-0.39, 0.29) is 24.0 Å². The fourth-order valence-corrected chi connectivity index (χ4v) is 3.98. The average Bonchev–Trinajstić information content (AvgIpc) is 3.04. The fraction of sp³-hybridized carbons (Fsp3) is 0.611. The Morgan fingerprint density at radius 1 is 1.28 bits per heavy atom. The van der Waals surface area contributed by atoms with Crippen LogP contribution in [0.3, 0.4) is 0 Å². The number of hydrogen-bond acceptors (Lipinski definition) is 4. The number of thioether (sulfide) groups is 1. The molecule has 5 nitrogen and oxygen atoms in total. The number of hydrogen-bond donors (Lipinski definition) is 2. The molecule has 0 amide bonds. The first kappa shape index (κ1) is 22.2. The summed E-state index contributed by atoms with van der Waals surface area (Å²) in [4.78, 5) is 4.70. The van der Waals surface area contributed by atoms with Crippen molar-refractivity contribution in [1.29, 1.82) is 0 Å². The van der Waals surface area contributed by atoms with Crippen molar-refractivity contribution in [3.8, 4) is 11.5 Å². The first-order valence-corrected chi connectivity index (χ1v) is 9.46. The molecule has 0 bridgehead atoms. The quantitative estimate of drug-likeness (QED) is 0.355. The number of benzene rings is 1. The van der Waals surface area contributed by atoms with Crippen molar-refractivity contribution in [3.63, 3.8) is 0 Å².